The molecule has 0 radical (unpaired) electrons. The van der Waals surface area contributed by atoms with E-state index in [2.05, 4.69) is 12.1 Å². The monoisotopic (exact) mass is 789 g/mol. The average Bonchev–Trinajstić information content (AvgIpc) is 3.17. The molecule has 0 saturated carbocycles. The molecule has 302 valence electrons. The standard InChI is InChI=1S/C44H55NO10S/c1-32-16-22-37(23-17-32)56(47,48)55-33(2)38-13-8-10-15-41(38)52-28-29-53-42-30-45(43(46)54-44(3,4)5)25-24-39(42)34-18-20-36(21-19-34)51-27-11-26-50-31-35-12-7-9-14-40(35)49-6/h7-10,12-23,33,39,42H,11,24-31H2,1-6H3. The van der Waals surface area contributed by atoms with Gasteiger partial charge < -0.3 is 33.3 Å². The van der Waals surface area contributed by atoms with E-state index in [1.54, 1.807) is 43.2 Å². The highest BCUT2D eigenvalue weighted by atomic mass is 32.2. The highest BCUT2D eigenvalue weighted by Crippen LogP contribution is 2.33. The van der Waals surface area contributed by atoms with Gasteiger partial charge in [0.05, 0.1) is 51.1 Å². The molecule has 5 rings (SSSR count). The van der Waals surface area contributed by atoms with Gasteiger partial charge in [0, 0.05) is 30.0 Å². The van der Waals surface area contributed by atoms with Crippen molar-refractivity contribution >= 4 is 16.2 Å². The van der Waals surface area contributed by atoms with E-state index in [0.29, 0.717) is 50.6 Å². The number of amides is 1. The van der Waals surface area contributed by atoms with Crippen LogP contribution in [0.25, 0.3) is 0 Å². The first-order valence-electron chi connectivity index (χ1n) is 19.1. The first kappa shape index (κ1) is 42.5. The maximum absolute atomic E-state index is 13.1. The lowest BCUT2D eigenvalue weighted by atomic mass is 9.87. The molecule has 0 aromatic heterocycles. The number of piperidine rings is 1. The smallest absolute Gasteiger partial charge is 0.410 e. The lowest BCUT2D eigenvalue weighted by Crippen LogP contribution is -2.48. The topological polar surface area (TPSA) is 119 Å². The van der Waals surface area contributed by atoms with Crippen LogP contribution in [0, 0.1) is 6.92 Å². The third-order valence-electron chi connectivity index (χ3n) is 9.28. The predicted molar refractivity (Wildman–Crippen MR) is 214 cm³/mol. The van der Waals surface area contributed by atoms with E-state index in [4.69, 9.17) is 32.6 Å². The summed E-state index contributed by atoms with van der Waals surface area (Å²) in [6, 6.07) is 29.6. The van der Waals surface area contributed by atoms with Crippen molar-refractivity contribution in [2.75, 3.05) is 46.6 Å². The Bertz CT molecular complexity index is 1940. The van der Waals surface area contributed by atoms with Crippen LogP contribution in [0.4, 0.5) is 4.79 Å². The Kier molecular flexibility index (Phi) is 15.2. The quantitative estimate of drug-likeness (QED) is 0.0716. The molecule has 1 heterocycles. The molecule has 0 N–H and O–H groups in total. The Balaban J connectivity index is 1.16. The van der Waals surface area contributed by atoms with Gasteiger partial charge in [0.1, 0.15) is 35.6 Å². The fourth-order valence-electron chi connectivity index (χ4n) is 6.43. The van der Waals surface area contributed by atoms with Crippen molar-refractivity contribution in [3.63, 3.8) is 0 Å². The summed E-state index contributed by atoms with van der Waals surface area (Å²) < 4.78 is 67.1. The number of carbonyl (C=O) groups excluding carboxylic acids is 1. The van der Waals surface area contributed by atoms with Crippen molar-refractivity contribution in [2.24, 2.45) is 0 Å². The zero-order valence-electron chi connectivity index (χ0n) is 33.3. The third kappa shape index (κ3) is 12.4. The van der Waals surface area contributed by atoms with Crippen molar-refractivity contribution in [2.45, 2.75) is 82.7 Å². The summed E-state index contributed by atoms with van der Waals surface area (Å²) in [7, 11) is -2.34. The number of rotatable bonds is 18. The summed E-state index contributed by atoms with van der Waals surface area (Å²) >= 11 is 0. The number of hydrogen-bond donors (Lipinski definition) is 0. The van der Waals surface area contributed by atoms with Crippen LogP contribution >= 0.6 is 0 Å². The lowest BCUT2D eigenvalue weighted by molar-refractivity contribution is -0.0359. The van der Waals surface area contributed by atoms with Crippen LogP contribution in [0.1, 0.15) is 74.8 Å². The van der Waals surface area contributed by atoms with Gasteiger partial charge in [-0.15, -0.1) is 0 Å². The molecule has 1 aliphatic rings. The van der Waals surface area contributed by atoms with Gasteiger partial charge in [-0.2, -0.15) is 8.42 Å². The zero-order valence-corrected chi connectivity index (χ0v) is 34.1. The molecule has 4 aromatic carbocycles. The molecule has 12 heteroatoms. The second kappa shape index (κ2) is 20.0. The molecular weight excluding hydrogens is 735 g/mol. The SMILES string of the molecule is COc1ccccc1COCCCOc1ccc(C2CCN(C(=O)OC(C)(C)C)CC2OCCOc2ccccc2C(C)OS(=O)(=O)c2ccc(C)cc2)cc1. The van der Waals surface area contributed by atoms with Crippen LogP contribution in [0.2, 0.25) is 0 Å². The highest BCUT2D eigenvalue weighted by molar-refractivity contribution is 7.86. The van der Waals surface area contributed by atoms with Crippen molar-refractivity contribution in [3.8, 4) is 17.2 Å². The maximum atomic E-state index is 13.1. The highest BCUT2D eigenvalue weighted by Gasteiger charge is 2.35. The molecule has 11 nitrogen and oxygen atoms in total. The molecule has 4 aromatic rings. The van der Waals surface area contributed by atoms with Crippen LogP contribution in [0.3, 0.4) is 0 Å². The summed E-state index contributed by atoms with van der Waals surface area (Å²) in [5, 5.41) is 0. The molecule has 1 aliphatic heterocycles. The molecule has 1 fully saturated rings. The van der Waals surface area contributed by atoms with E-state index in [1.807, 2.05) is 76.2 Å². The molecular formula is C44H55NO10S. The molecule has 0 spiro atoms. The van der Waals surface area contributed by atoms with E-state index in [1.165, 1.54) is 12.1 Å². The van der Waals surface area contributed by atoms with Crippen molar-refractivity contribution in [1.82, 2.24) is 4.90 Å². The van der Waals surface area contributed by atoms with Crippen molar-refractivity contribution < 1.29 is 45.8 Å². The van der Waals surface area contributed by atoms with Gasteiger partial charge in [-0.3, -0.25) is 4.18 Å². The second-order valence-electron chi connectivity index (χ2n) is 14.8. The van der Waals surface area contributed by atoms with Crippen LogP contribution < -0.4 is 14.2 Å². The summed E-state index contributed by atoms with van der Waals surface area (Å²) in [5.74, 6) is 2.09. The number of hydrogen-bond acceptors (Lipinski definition) is 10. The normalized spacial score (nSPS) is 16.6. The van der Waals surface area contributed by atoms with Crippen LogP contribution in [-0.2, 0) is 35.1 Å². The number of benzene rings is 4. The summed E-state index contributed by atoms with van der Waals surface area (Å²) in [6.45, 7) is 12.0. The van der Waals surface area contributed by atoms with E-state index >= 15 is 0 Å². The van der Waals surface area contributed by atoms with Crippen molar-refractivity contribution in [3.05, 3.63) is 119 Å². The van der Waals surface area contributed by atoms with Crippen LogP contribution in [0.15, 0.2) is 102 Å². The van der Waals surface area contributed by atoms with E-state index in [0.717, 1.165) is 34.6 Å². The lowest BCUT2D eigenvalue weighted by Gasteiger charge is -2.39. The van der Waals surface area contributed by atoms with Gasteiger partial charge >= 0.3 is 6.09 Å². The second-order valence-corrected chi connectivity index (χ2v) is 16.3. The molecule has 1 amide bonds. The number of para-hydroxylation sites is 2. The van der Waals surface area contributed by atoms with Gasteiger partial charge in [-0.1, -0.05) is 66.2 Å². The fraction of sp³-hybridized carbons (Fsp3) is 0.432. The van der Waals surface area contributed by atoms with E-state index < -0.39 is 21.8 Å². The van der Waals surface area contributed by atoms with Crippen molar-refractivity contribution in [1.29, 1.82) is 0 Å². The molecule has 0 aliphatic carbocycles. The van der Waals surface area contributed by atoms with Gasteiger partial charge in [0.25, 0.3) is 10.1 Å². The van der Waals surface area contributed by atoms with Crippen LogP contribution in [0.5, 0.6) is 17.2 Å². The number of aryl methyl sites for hydroxylation is 1. The zero-order chi connectivity index (χ0) is 40.1. The minimum absolute atomic E-state index is 0.0128. The Labute approximate surface area is 331 Å². The number of methoxy groups -OCH3 is 1. The average molecular weight is 790 g/mol. The predicted octanol–water partition coefficient (Wildman–Crippen LogP) is 8.64. The fourth-order valence-corrected chi connectivity index (χ4v) is 7.49. The Hall–Kier alpha value is -4.62. The molecule has 0 bridgehead atoms. The number of likely N-dealkylation sites (tertiary alicyclic amines) is 1. The summed E-state index contributed by atoms with van der Waals surface area (Å²) in [4.78, 5) is 14.9. The van der Waals surface area contributed by atoms with Gasteiger partial charge in [-0.05, 0) is 83.0 Å². The number of carbonyl (C=O) groups is 1. The van der Waals surface area contributed by atoms with E-state index in [9.17, 15) is 13.2 Å². The molecule has 1 saturated heterocycles. The molecule has 3 atom stereocenters. The number of ether oxygens (including phenoxy) is 6. The molecule has 3 unspecified atom stereocenters. The minimum atomic E-state index is -4.00. The minimum Gasteiger partial charge on any atom is -0.496 e. The van der Waals surface area contributed by atoms with E-state index in [-0.39, 0.29) is 36.2 Å². The van der Waals surface area contributed by atoms with Gasteiger partial charge in [-0.25, -0.2) is 4.79 Å². The summed E-state index contributed by atoms with van der Waals surface area (Å²) in [6.07, 6.45) is -0.0833. The summed E-state index contributed by atoms with van der Waals surface area (Å²) in [5.41, 5.74) is 3.01. The first-order chi connectivity index (χ1) is 26.8. The maximum Gasteiger partial charge on any atom is 0.410 e. The number of nitrogens with zero attached hydrogens (tertiary/aromatic N) is 1. The van der Waals surface area contributed by atoms with Gasteiger partial charge in [0.15, 0.2) is 0 Å². The van der Waals surface area contributed by atoms with Gasteiger partial charge in [0.2, 0.25) is 0 Å². The Morgan fingerprint density at radius 2 is 1.54 bits per heavy atom. The Morgan fingerprint density at radius 1 is 0.839 bits per heavy atom. The van der Waals surface area contributed by atoms with Crippen LogP contribution in [-0.4, -0.2) is 77.7 Å². The third-order valence-corrected chi connectivity index (χ3v) is 10.7. The first-order valence-corrected chi connectivity index (χ1v) is 20.5. The largest absolute Gasteiger partial charge is 0.496 e. The molecule has 56 heavy (non-hydrogen) atoms. The Morgan fingerprint density at radius 3 is 2.25 bits per heavy atom.